The molecular formula is C22H24BrN5. The van der Waals surface area contributed by atoms with Gasteiger partial charge in [-0.3, -0.25) is 4.98 Å². The lowest BCUT2D eigenvalue weighted by Crippen LogP contribution is -2.45. The molecule has 0 spiro atoms. The predicted octanol–water partition coefficient (Wildman–Crippen LogP) is 4.58. The van der Waals surface area contributed by atoms with Crippen LogP contribution in [0.5, 0.6) is 0 Å². The molecule has 6 heteroatoms. The molecule has 2 aromatic heterocycles. The molecule has 3 heterocycles. The minimum absolute atomic E-state index is 0.154. The van der Waals surface area contributed by atoms with Gasteiger partial charge in [-0.25, -0.2) is 4.98 Å². The molecule has 0 bridgehead atoms. The van der Waals surface area contributed by atoms with Crippen molar-refractivity contribution in [2.75, 3.05) is 23.7 Å². The van der Waals surface area contributed by atoms with Crippen LogP contribution in [0.3, 0.4) is 0 Å². The average Bonchev–Trinajstić information content (AvgIpc) is 2.75. The summed E-state index contributed by atoms with van der Waals surface area (Å²) >= 11 is 3.45. The van der Waals surface area contributed by atoms with Crippen LogP contribution < -0.4 is 16.0 Å². The van der Waals surface area contributed by atoms with Gasteiger partial charge in [-0.2, -0.15) is 0 Å². The summed E-state index contributed by atoms with van der Waals surface area (Å²) in [5, 5.41) is 10.9. The molecule has 1 aliphatic heterocycles. The maximum Gasteiger partial charge on any atom is 0.149 e. The molecule has 0 radical (unpaired) electrons. The number of hydrogen-bond donors (Lipinski definition) is 3. The molecule has 0 aliphatic carbocycles. The van der Waals surface area contributed by atoms with Crippen LogP contribution in [-0.2, 0) is 0 Å². The highest BCUT2D eigenvalue weighted by molar-refractivity contribution is 9.10. The Bertz CT molecular complexity index is 900. The zero-order valence-corrected chi connectivity index (χ0v) is 17.4. The summed E-state index contributed by atoms with van der Waals surface area (Å²) in [4.78, 5) is 9.03. The SMILES string of the molecule is C[C@@H](CN[C@H](c1ccccc1)[C@H]1CNc2cccnc2N1)c1ccc(Br)cn1. The molecule has 3 aromatic rings. The summed E-state index contributed by atoms with van der Waals surface area (Å²) in [7, 11) is 0. The minimum atomic E-state index is 0.154. The monoisotopic (exact) mass is 437 g/mol. The first-order valence-electron chi connectivity index (χ1n) is 9.56. The van der Waals surface area contributed by atoms with E-state index in [-0.39, 0.29) is 12.1 Å². The number of rotatable bonds is 6. The summed E-state index contributed by atoms with van der Waals surface area (Å²) in [6, 6.07) is 19.1. The van der Waals surface area contributed by atoms with Gasteiger partial charge >= 0.3 is 0 Å². The molecule has 3 N–H and O–H groups in total. The Morgan fingerprint density at radius 2 is 1.96 bits per heavy atom. The van der Waals surface area contributed by atoms with E-state index in [9.17, 15) is 0 Å². The van der Waals surface area contributed by atoms with Gasteiger partial charge in [-0.05, 0) is 45.8 Å². The Kier molecular flexibility index (Phi) is 5.88. The molecule has 4 rings (SSSR count). The molecule has 1 aliphatic rings. The van der Waals surface area contributed by atoms with Gasteiger partial charge in [-0.15, -0.1) is 0 Å². The summed E-state index contributed by atoms with van der Waals surface area (Å²) in [6.45, 7) is 3.87. The molecule has 0 fully saturated rings. The van der Waals surface area contributed by atoms with Gasteiger partial charge < -0.3 is 16.0 Å². The number of pyridine rings is 2. The van der Waals surface area contributed by atoms with E-state index in [1.54, 1.807) is 0 Å². The van der Waals surface area contributed by atoms with Crippen molar-refractivity contribution in [3.63, 3.8) is 0 Å². The third kappa shape index (κ3) is 4.34. The van der Waals surface area contributed by atoms with Gasteiger partial charge in [0, 0.05) is 41.6 Å². The van der Waals surface area contributed by atoms with Crippen molar-refractivity contribution in [3.05, 3.63) is 82.7 Å². The van der Waals surface area contributed by atoms with E-state index in [4.69, 9.17) is 0 Å². The van der Waals surface area contributed by atoms with E-state index >= 15 is 0 Å². The number of nitrogens with one attached hydrogen (secondary N) is 3. The normalized spacial score (nSPS) is 17.7. The lowest BCUT2D eigenvalue weighted by molar-refractivity contribution is 0.451. The number of benzene rings is 1. The number of anilines is 2. The van der Waals surface area contributed by atoms with Crippen LogP contribution in [0.1, 0.15) is 30.1 Å². The zero-order valence-electron chi connectivity index (χ0n) is 15.8. The Morgan fingerprint density at radius 3 is 2.75 bits per heavy atom. The molecule has 5 nitrogen and oxygen atoms in total. The molecule has 0 unspecified atom stereocenters. The van der Waals surface area contributed by atoms with Crippen LogP contribution in [0.2, 0.25) is 0 Å². The van der Waals surface area contributed by atoms with Gasteiger partial charge in [0.25, 0.3) is 0 Å². The van der Waals surface area contributed by atoms with Crippen molar-refractivity contribution in [2.24, 2.45) is 0 Å². The Balaban J connectivity index is 1.51. The second-order valence-corrected chi connectivity index (χ2v) is 8.05. The fourth-order valence-corrected chi connectivity index (χ4v) is 3.79. The summed E-state index contributed by atoms with van der Waals surface area (Å²) in [5.74, 6) is 1.21. The maximum absolute atomic E-state index is 4.55. The highest BCUT2D eigenvalue weighted by atomic mass is 79.9. The van der Waals surface area contributed by atoms with Crippen molar-refractivity contribution >= 4 is 27.4 Å². The van der Waals surface area contributed by atoms with Crippen LogP contribution >= 0.6 is 15.9 Å². The first-order chi connectivity index (χ1) is 13.7. The van der Waals surface area contributed by atoms with Crippen LogP contribution in [0.15, 0.2) is 71.5 Å². The highest BCUT2D eigenvalue weighted by Gasteiger charge is 2.27. The van der Waals surface area contributed by atoms with Gasteiger partial charge in [0.2, 0.25) is 0 Å². The second kappa shape index (κ2) is 8.71. The summed E-state index contributed by atoms with van der Waals surface area (Å²) < 4.78 is 1.00. The van der Waals surface area contributed by atoms with Crippen molar-refractivity contribution < 1.29 is 0 Å². The van der Waals surface area contributed by atoms with Gasteiger partial charge in [0.1, 0.15) is 5.82 Å². The zero-order chi connectivity index (χ0) is 19.3. The van der Waals surface area contributed by atoms with Gasteiger partial charge in [0.15, 0.2) is 0 Å². The van der Waals surface area contributed by atoms with Crippen LogP contribution in [0.4, 0.5) is 11.5 Å². The van der Waals surface area contributed by atoms with E-state index in [2.05, 4.69) is 91.2 Å². The summed E-state index contributed by atoms with van der Waals surface area (Å²) in [5.41, 5.74) is 3.40. The number of halogens is 1. The molecule has 0 amide bonds. The molecule has 144 valence electrons. The molecule has 0 saturated heterocycles. The van der Waals surface area contributed by atoms with E-state index in [1.165, 1.54) is 5.56 Å². The van der Waals surface area contributed by atoms with Crippen LogP contribution in [0, 0.1) is 0 Å². The number of aromatic nitrogens is 2. The molecule has 3 atom stereocenters. The van der Waals surface area contributed by atoms with Crippen molar-refractivity contribution in [2.45, 2.75) is 24.9 Å². The Morgan fingerprint density at radius 1 is 1.11 bits per heavy atom. The smallest absolute Gasteiger partial charge is 0.149 e. The van der Waals surface area contributed by atoms with Crippen LogP contribution in [0.25, 0.3) is 0 Å². The lowest BCUT2D eigenvalue weighted by Gasteiger charge is -2.34. The average molecular weight is 438 g/mol. The Labute approximate surface area is 174 Å². The number of nitrogens with zero attached hydrogens (tertiary/aromatic N) is 2. The first-order valence-corrected chi connectivity index (χ1v) is 10.3. The molecular weight excluding hydrogens is 414 g/mol. The lowest BCUT2D eigenvalue weighted by atomic mass is 9.96. The van der Waals surface area contributed by atoms with E-state index in [1.807, 2.05) is 24.5 Å². The number of fused-ring (bicyclic) bond motifs is 1. The molecule has 28 heavy (non-hydrogen) atoms. The molecule has 1 aromatic carbocycles. The predicted molar refractivity (Wildman–Crippen MR) is 118 cm³/mol. The van der Waals surface area contributed by atoms with Gasteiger partial charge in [0.05, 0.1) is 17.8 Å². The van der Waals surface area contributed by atoms with E-state index in [0.717, 1.165) is 34.8 Å². The van der Waals surface area contributed by atoms with Crippen molar-refractivity contribution in [1.82, 2.24) is 15.3 Å². The van der Waals surface area contributed by atoms with Crippen LogP contribution in [-0.4, -0.2) is 29.1 Å². The minimum Gasteiger partial charge on any atom is -0.380 e. The van der Waals surface area contributed by atoms with Gasteiger partial charge in [-0.1, -0.05) is 37.3 Å². The first kappa shape index (κ1) is 18.9. The largest absolute Gasteiger partial charge is 0.380 e. The van der Waals surface area contributed by atoms with Crippen molar-refractivity contribution in [1.29, 1.82) is 0 Å². The third-order valence-electron chi connectivity index (χ3n) is 5.10. The highest BCUT2D eigenvalue weighted by Crippen LogP contribution is 2.28. The van der Waals surface area contributed by atoms with E-state index < -0.39 is 0 Å². The second-order valence-electron chi connectivity index (χ2n) is 7.13. The fraction of sp³-hybridized carbons (Fsp3) is 0.273. The van der Waals surface area contributed by atoms with Crippen molar-refractivity contribution in [3.8, 4) is 0 Å². The quantitative estimate of drug-likeness (QED) is 0.526. The Hall–Kier alpha value is -2.44. The topological polar surface area (TPSA) is 61.9 Å². The molecule has 0 saturated carbocycles. The maximum atomic E-state index is 4.55. The number of hydrogen-bond acceptors (Lipinski definition) is 5. The third-order valence-corrected chi connectivity index (χ3v) is 5.57. The fourth-order valence-electron chi connectivity index (χ4n) is 3.55. The standard InChI is InChI=1S/C22H24BrN5/c1-15(18-10-9-17(23)13-25-18)12-27-21(16-6-3-2-4-7-16)20-14-26-19-8-5-11-24-22(19)28-20/h2-11,13,15,20-21,26-27H,12,14H2,1H3,(H,24,28)/t15-,20+,21+/m0/s1. The van der Waals surface area contributed by atoms with E-state index in [0.29, 0.717) is 5.92 Å². The summed E-state index contributed by atoms with van der Waals surface area (Å²) in [6.07, 6.45) is 3.68.